The van der Waals surface area contributed by atoms with Crippen LogP contribution >= 0.6 is 23.2 Å². The lowest BCUT2D eigenvalue weighted by atomic mass is 10.2. The number of halogens is 2. The molecule has 0 aliphatic rings. The van der Waals surface area contributed by atoms with E-state index in [1.807, 2.05) is 6.07 Å². The topological polar surface area (TPSA) is 76.9 Å². The second-order valence-corrected chi connectivity index (χ2v) is 7.18. The first-order valence-corrected chi connectivity index (χ1v) is 8.72. The highest BCUT2D eigenvalue weighted by Crippen LogP contribution is 2.30. The van der Waals surface area contributed by atoms with Crippen molar-refractivity contribution in [3.8, 4) is 0 Å². The molecule has 0 aliphatic heterocycles. The summed E-state index contributed by atoms with van der Waals surface area (Å²) in [5.74, 6) is 0.301. The molecule has 0 aliphatic carbocycles. The molecule has 3 rings (SSSR count). The maximum atomic E-state index is 11.9. The van der Waals surface area contributed by atoms with Gasteiger partial charge in [-0.3, -0.25) is 0 Å². The lowest BCUT2D eigenvalue weighted by Gasteiger charge is -2.11. The standard InChI is InChI=1S/C13H10Cl2N4O2S/c1-22(20,21)19-6-5-8-3-2-4-10(11(8)19)17-12-9(14)7-16-13(15)18-12/h2-7H,1H3,(H,16,17,18). The van der Waals surface area contributed by atoms with E-state index in [-0.39, 0.29) is 10.3 Å². The minimum atomic E-state index is -3.43. The Bertz CT molecular complexity index is 969. The lowest BCUT2D eigenvalue weighted by molar-refractivity contribution is 0.595. The number of anilines is 2. The first-order chi connectivity index (χ1) is 10.4. The summed E-state index contributed by atoms with van der Waals surface area (Å²) in [5.41, 5.74) is 1.06. The highest BCUT2D eigenvalue weighted by Gasteiger charge is 2.14. The molecule has 0 saturated carbocycles. The molecular formula is C13H10Cl2N4O2S. The van der Waals surface area contributed by atoms with Crippen LogP contribution in [-0.4, -0.2) is 28.6 Å². The fourth-order valence-electron chi connectivity index (χ4n) is 2.10. The Morgan fingerprint density at radius 1 is 1.23 bits per heavy atom. The summed E-state index contributed by atoms with van der Waals surface area (Å²) in [6, 6.07) is 7.07. The van der Waals surface area contributed by atoms with Crippen molar-refractivity contribution in [2.24, 2.45) is 0 Å². The Morgan fingerprint density at radius 2 is 2.00 bits per heavy atom. The molecular weight excluding hydrogens is 347 g/mol. The summed E-state index contributed by atoms with van der Waals surface area (Å²) in [4.78, 5) is 7.78. The SMILES string of the molecule is CS(=O)(=O)n1ccc2cccc(Nc3nc(Cl)ncc3Cl)c21. The molecule has 0 amide bonds. The molecule has 0 spiro atoms. The van der Waals surface area contributed by atoms with Crippen LogP contribution in [0.4, 0.5) is 11.5 Å². The summed E-state index contributed by atoms with van der Waals surface area (Å²) in [7, 11) is -3.43. The Labute approximate surface area is 136 Å². The minimum Gasteiger partial charge on any atom is -0.337 e. The first kappa shape index (κ1) is 15.1. The van der Waals surface area contributed by atoms with Crippen molar-refractivity contribution < 1.29 is 8.42 Å². The number of benzene rings is 1. The second kappa shape index (κ2) is 5.42. The van der Waals surface area contributed by atoms with E-state index in [1.165, 1.54) is 16.4 Å². The van der Waals surface area contributed by atoms with Crippen molar-refractivity contribution >= 4 is 55.6 Å². The Kier molecular flexibility index (Phi) is 3.72. The van der Waals surface area contributed by atoms with Gasteiger partial charge < -0.3 is 5.32 Å². The van der Waals surface area contributed by atoms with E-state index in [1.54, 1.807) is 18.2 Å². The van der Waals surface area contributed by atoms with Crippen molar-refractivity contribution in [1.82, 2.24) is 13.9 Å². The molecule has 0 bridgehead atoms. The van der Waals surface area contributed by atoms with Crippen molar-refractivity contribution in [3.63, 3.8) is 0 Å². The summed E-state index contributed by atoms with van der Waals surface area (Å²) in [6.45, 7) is 0. The van der Waals surface area contributed by atoms with Gasteiger partial charge in [0.1, 0.15) is 5.02 Å². The number of hydrogen-bond acceptors (Lipinski definition) is 5. The maximum Gasteiger partial charge on any atom is 0.236 e. The zero-order valence-electron chi connectivity index (χ0n) is 11.3. The summed E-state index contributed by atoms with van der Waals surface area (Å²) < 4.78 is 25.0. The van der Waals surface area contributed by atoms with Gasteiger partial charge in [-0.1, -0.05) is 23.7 Å². The lowest BCUT2D eigenvalue weighted by Crippen LogP contribution is -2.09. The van der Waals surface area contributed by atoms with Crippen molar-refractivity contribution in [2.75, 3.05) is 11.6 Å². The minimum absolute atomic E-state index is 0.0394. The predicted octanol–water partition coefficient (Wildman–Crippen LogP) is 3.29. The molecule has 22 heavy (non-hydrogen) atoms. The highest BCUT2D eigenvalue weighted by atomic mass is 35.5. The third-order valence-electron chi connectivity index (χ3n) is 3.00. The van der Waals surface area contributed by atoms with E-state index in [2.05, 4.69) is 15.3 Å². The summed E-state index contributed by atoms with van der Waals surface area (Å²) in [6.07, 6.45) is 4.01. The third-order valence-corrected chi connectivity index (χ3v) is 4.48. The van der Waals surface area contributed by atoms with E-state index in [0.717, 1.165) is 11.6 Å². The quantitative estimate of drug-likeness (QED) is 0.728. The normalized spacial score (nSPS) is 11.8. The predicted molar refractivity (Wildman–Crippen MR) is 87.5 cm³/mol. The van der Waals surface area contributed by atoms with Gasteiger partial charge in [0.25, 0.3) is 0 Å². The van der Waals surface area contributed by atoms with Crippen LogP contribution in [0.25, 0.3) is 10.9 Å². The van der Waals surface area contributed by atoms with E-state index in [9.17, 15) is 8.42 Å². The number of rotatable bonds is 3. The molecule has 0 fully saturated rings. The van der Waals surface area contributed by atoms with Gasteiger partial charge >= 0.3 is 0 Å². The molecule has 1 aromatic carbocycles. The molecule has 6 nitrogen and oxygen atoms in total. The number of nitrogens with zero attached hydrogens (tertiary/aromatic N) is 3. The number of aromatic nitrogens is 3. The van der Waals surface area contributed by atoms with Gasteiger partial charge in [0.05, 0.1) is 23.7 Å². The fourth-order valence-corrected chi connectivity index (χ4v) is 3.19. The van der Waals surface area contributed by atoms with E-state index in [4.69, 9.17) is 23.2 Å². The van der Waals surface area contributed by atoms with Gasteiger partial charge in [0.15, 0.2) is 5.82 Å². The molecule has 0 unspecified atom stereocenters. The van der Waals surface area contributed by atoms with Gasteiger partial charge in [-0.2, -0.15) is 4.98 Å². The van der Waals surface area contributed by atoms with Gasteiger partial charge in [-0.15, -0.1) is 0 Å². The van der Waals surface area contributed by atoms with Crippen molar-refractivity contribution in [2.45, 2.75) is 0 Å². The van der Waals surface area contributed by atoms with Crippen LogP contribution in [0.5, 0.6) is 0 Å². The van der Waals surface area contributed by atoms with E-state index < -0.39 is 10.0 Å². The van der Waals surface area contributed by atoms with Gasteiger partial charge in [-0.05, 0) is 23.7 Å². The molecule has 1 N–H and O–H groups in total. The molecule has 0 atom stereocenters. The highest BCUT2D eigenvalue weighted by molar-refractivity contribution is 7.89. The maximum absolute atomic E-state index is 11.9. The summed E-state index contributed by atoms with van der Waals surface area (Å²) >= 11 is 11.8. The number of hydrogen-bond donors (Lipinski definition) is 1. The molecule has 2 heterocycles. The van der Waals surface area contributed by atoms with Crippen LogP contribution in [0.2, 0.25) is 10.3 Å². The molecule has 9 heteroatoms. The Hall–Kier alpha value is -1.83. The molecule has 2 aromatic heterocycles. The number of nitrogens with one attached hydrogen (secondary N) is 1. The van der Waals surface area contributed by atoms with Gasteiger partial charge in [0.2, 0.25) is 15.3 Å². The molecule has 0 radical (unpaired) electrons. The van der Waals surface area contributed by atoms with Crippen LogP contribution < -0.4 is 5.32 Å². The van der Waals surface area contributed by atoms with Crippen molar-refractivity contribution in [1.29, 1.82) is 0 Å². The smallest absolute Gasteiger partial charge is 0.236 e. The number of fused-ring (bicyclic) bond motifs is 1. The van der Waals surface area contributed by atoms with Crippen LogP contribution in [0.15, 0.2) is 36.7 Å². The summed E-state index contributed by atoms with van der Waals surface area (Å²) in [5, 5.41) is 4.09. The van der Waals surface area contributed by atoms with Gasteiger partial charge in [-0.25, -0.2) is 17.4 Å². The largest absolute Gasteiger partial charge is 0.337 e. The van der Waals surface area contributed by atoms with E-state index >= 15 is 0 Å². The average molecular weight is 357 g/mol. The van der Waals surface area contributed by atoms with Crippen LogP contribution in [0, 0.1) is 0 Å². The van der Waals surface area contributed by atoms with Crippen molar-refractivity contribution in [3.05, 3.63) is 47.0 Å². The van der Waals surface area contributed by atoms with Crippen LogP contribution in [-0.2, 0) is 10.0 Å². The van der Waals surface area contributed by atoms with Crippen LogP contribution in [0.3, 0.4) is 0 Å². The fraction of sp³-hybridized carbons (Fsp3) is 0.0769. The monoisotopic (exact) mass is 356 g/mol. The third kappa shape index (κ3) is 2.75. The zero-order chi connectivity index (χ0) is 15.9. The molecule has 114 valence electrons. The first-order valence-electron chi connectivity index (χ1n) is 6.12. The molecule has 3 aromatic rings. The Balaban J connectivity index is 2.19. The molecule has 0 saturated heterocycles. The Morgan fingerprint density at radius 3 is 2.73 bits per heavy atom. The van der Waals surface area contributed by atoms with E-state index in [0.29, 0.717) is 17.0 Å². The average Bonchev–Trinajstić information content (AvgIpc) is 2.88. The van der Waals surface area contributed by atoms with Gasteiger partial charge in [0, 0.05) is 11.6 Å². The van der Waals surface area contributed by atoms with Crippen LogP contribution in [0.1, 0.15) is 0 Å². The second-order valence-electron chi connectivity index (χ2n) is 4.58. The number of para-hydroxylation sites is 1. The zero-order valence-corrected chi connectivity index (χ0v) is 13.6.